The van der Waals surface area contributed by atoms with Gasteiger partial charge in [0, 0.05) is 0 Å². The van der Waals surface area contributed by atoms with Gasteiger partial charge in [0.2, 0.25) is 0 Å². The Bertz CT molecular complexity index is 276. The summed E-state index contributed by atoms with van der Waals surface area (Å²) in [4.78, 5) is 0. The van der Waals surface area contributed by atoms with Gasteiger partial charge in [0.1, 0.15) is 0 Å². The van der Waals surface area contributed by atoms with Crippen molar-refractivity contribution < 1.29 is 5.11 Å². The first kappa shape index (κ1) is 13.9. The topological polar surface area (TPSA) is 20.2 Å². The SMILES string of the molecule is CCCC[Se+](C)C[C@]12CC[C@H](C[C@H]1O)C2(C)C. The Balaban J connectivity index is 2.06. The maximum absolute atomic E-state index is 10.5. The van der Waals surface area contributed by atoms with Crippen LogP contribution in [-0.2, 0) is 0 Å². The van der Waals surface area contributed by atoms with Crippen LogP contribution in [0.25, 0.3) is 0 Å². The van der Waals surface area contributed by atoms with Crippen LogP contribution in [0.1, 0.15) is 52.9 Å². The predicted octanol–water partition coefficient (Wildman–Crippen LogP) is 4.10. The van der Waals surface area contributed by atoms with E-state index in [2.05, 4.69) is 26.6 Å². The molecule has 2 aliphatic rings. The molecule has 2 rings (SSSR count). The quantitative estimate of drug-likeness (QED) is 0.758. The second kappa shape index (κ2) is 4.87. The van der Waals surface area contributed by atoms with E-state index < -0.39 is 13.9 Å². The Hall–Kier alpha value is 0.479. The first-order valence-electron chi connectivity index (χ1n) is 7.21. The zero-order chi connectivity index (χ0) is 12.7. The summed E-state index contributed by atoms with van der Waals surface area (Å²) in [6, 6.07) is 0. The standard InChI is InChI=1S/C15H29OSe/c1-5-6-9-17(4)11-15-8-7-12(10-13(15)16)14(15,2)3/h12-13,16H,5-11H2,1-4H3/q+1/t12-,13-,15-,17?/m1/s1. The Morgan fingerprint density at radius 3 is 2.53 bits per heavy atom. The molecular weight excluding hydrogens is 275 g/mol. The van der Waals surface area contributed by atoms with Gasteiger partial charge >= 0.3 is 111 Å². The minimum absolute atomic E-state index is 0.00377. The molecule has 0 heterocycles. The summed E-state index contributed by atoms with van der Waals surface area (Å²) in [6.45, 7) is 7.15. The van der Waals surface area contributed by atoms with E-state index >= 15 is 0 Å². The van der Waals surface area contributed by atoms with E-state index in [0.717, 1.165) is 12.3 Å². The minimum atomic E-state index is -0.473. The summed E-state index contributed by atoms with van der Waals surface area (Å²) >= 11 is -0.473. The molecule has 0 aliphatic heterocycles. The van der Waals surface area contributed by atoms with Crippen LogP contribution in [-0.4, -0.2) is 25.1 Å². The van der Waals surface area contributed by atoms with Crippen LogP contribution in [0.4, 0.5) is 0 Å². The molecule has 2 bridgehead atoms. The molecule has 4 atom stereocenters. The first-order valence-corrected chi connectivity index (χ1v) is 11.3. The van der Waals surface area contributed by atoms with Crippen molar-refractivity contribution in [1.29, 1.82) is 0 Å². The summed E-state index contributed by atoms with van der Waals surface area (Å²) in [6.07, 6.45) is 6.48. The monoisotopic (exact) mass is 305 g/mol. The molecule has 0 aromatic rings. The van der Waals surface area contributed by atoms with E-state index in [0.29, 0.717) is 10.8 Å². The van der Waals surface area contributed by atoms with Gasteiger partial charge in [0.15, 0.2) is 0 Å². The molecule has 0 saturated heterocycles. The number of fused-ring (bicyclic) bond motifs is 2. The van der Waals surface area contributed by atoms with Crippen molar-refractivity contribution in [2.75, 3.05) is 0 Å². The molecule has 0 amide bonds. The molecule has 0 spiro atoms. The summed E-state index contributed by atoms with van der Waals surface area (Å²) in [5.74, 6) is 3.31. The third-order valence-electron chi connectivity index (χ3n) is 5.74. The van der Waals surface area contributed by atoms with E-state index in [1.165, 1.54) is 36.3 Å². The van der Waals surface area contributed by atoms with Crippen molar-refractivity contribution in [2.45, 2.75) is 75.4 Å². The molecular formula is C15H29OSe+. The van der Waals surface area contributed by atoms with E-state index in [1.807, 2.05) is 0 Å². The Morgan fingerprint density at radius 1 is 1.35 bits per heavy atom. The molecule has 1 unspecified atom stereocenters. The number of hydrogen-bond donors (Lipinski definition) is 1. The second-order valence-electron chi connectivity index (χ2n) is 6.85. The van der Waals surface area contributed by atoms with Gasteiger partial charge in [0.25, 0.3) is 0 Å². The average molecular weight is 304 g/mol. The maximum atomic E-state index is 10.5. The van der Waals surface area contributed by atoms with Gasteiger partial charge in [-0.25, -0.2) is 0 Å². The fourth-order valence-corrected chi connectivity index (χ4v) is 9.56. The summed E-state index contributed by atoms with van der Waals surface area (Å²) in [7, 11) is 0. The van der Waals surface area contributed by atoms with E-state index in [4.69, 9.17) is 0 Å². The molecule has 0 radical (unpaired) electrons. The van der Waals surface area contributed by atoms with Gasteiger partial charge in [-0.1, -0.05) is 0 Å². The van der Waals surface area contributed by atoms with Crippen LogP contribution >= 0.6 is 0 Å². The van der Waals surface area contributed by atoms with E-state index in [1.54, 1.807) is 0 Å². The van der Waals surface area contributed by atoms with Crippen molar-refractivity contribution in [3.8, 4) is 0 Å². The van der Waals surface area contributed by atoms with Crippen LogP contribution < -0.4 is 0 Å². The van der Waals surface area contributed by atoms with Crippen LogP contribution in [0.5, 0.6) is 0 Å². The van der Waals surface area contributed by atoms with Gasteiger partial charge in [0.05, 0.1) is 0 Å². The third-order valence-corrected chi connectivity index (χ3v) is 9.92. The molecule has 0 aromatic carbocycles. The molecule has 2 aliphatic carbocycles. The van der Waals surface area contributed by atoms with Crippen molar-refractivity contribution in [1.82, 2.24) is 0 Å². The van der Waals surface area contributed by atoms with E-state index in [-0.39, 0.29) is 6.10 Å². The van der Waals surface area contributed by atoms with Crippen LogP contribution in [0.15, 0.2) is 0 Å². The summed E-state index contributed by atoms with van der Waals surface area (Å²) in [5.41, 5.74) is 0.696. The van der Waals surface area contributed by atoms with Crippen molar-refractivity contribution in [3.05, 3.63) is 0 Å². The number of hydrogen-bond acceptors (Lipinski definition) is 1. The molecule has 1 nitrogen and oxygen atoms in total. The molecule has 2 fully saturated rings. The van der Waals surface area contributed by atoms with Gasteiger partial charge in [-0.05, 0) is 0 Å². The van der Waals surface area contributed by atoms with Crippen LogP contribution in [0.2, 0.25) is 16.5 Å². The van der Waals surface area contributed by atoms with Gasteiger partial charge in [-0.3, -0.25) is 0 Å². The Labute approximate surface area is 111 Å². The zero-order valence-corrected chi connectivity index (χ0v) is 13.7. The van der Waals surface area contributed by atoms with Gasteiger partial charge in [-0.15, -0.1) is 0 Å². The second-order valence-corrected chi connectivity index (χ2v) is 11.6. The predicted molar refractivity (Wildman–Crippen MR) is 75.7 cm³/mol. The normalized spacial score (nSPS) is 40.8. The van der Waals surface area contributed by atoms with Gasteiger partial charge < -0.3 is 0 Å². The summed E-state index contributed by atoms with van der Waals surface area (Å²) in [5, 5.41) is 13.3. The van der Waals surface area contributed by atoms with Crippen molar-refractivity contribution >= 4 is 13.9 Å². The van der Waals surface area contributed by atoms with Crippen molar-refractivity contribution in [3.63, 3.8) is 0 Å². The number of aliphatic hydroxyl groups excluding tert-OH is 1. The third kappa shape index (κ3) is 2.11. The molecule has 2 heteroatoms. The van der Waals surface area contributed by atoms with E-state index in [9.17, 15) is 5.11 Å². The summed E-state index contributed by atoms with van der Waals surface area (Å²) < 4.78 is 0. The molecule has 1 N–H and O–H groups in total. The molecule has 0 aromatic heterocycles. The molecule has 100 valence electrons. The fraction of sp³-hybridized carbons (Fsp3) is 1.00. The first-order chi connectivity index (χ1) is 7.94. The van der Waals surface area contributed by atoms with Crippen molar-refractivity contribution in [2.24, 2.45) is 16.7 Å². The number of aliphatic hydroxyl groups is 1. The number of rotatable bonds is 5. The Morgan fingerprint density at radius 2 is 2.06 bits per heavy atom. The zero-order valence-electron chi connectivity index (χ0n) is 12.0. The molecule has 2 saturated carbocycles. The van der Waals surface area contributed by atoms with Crippen LogP contribution in [0, 0.1) is 16.7 Å². The fourth-order valence-electron chi connectivity index (χ4n) is 4.28. The molecule has 17 heavy (non-hydrogen) atoms. The number of unbranched alkanes of at least 4 members (excludes halogenated alkanes) is 1. The van der Waals surface area contributed by atoms with Crippen LogP contribution in [0.3, 0.4) is 0 Å². The Kier molecular flexibility index (Phi) is 3.98. The average Bonchev–Trinajstić information content (AvgIpc) is 2.60. The van der Waals surface area contributed by atoms with Gasteiger partial charge in [-0.2, -0.15) is 0 Å².